The minimum absolute atomic E-state index is 0.100. The number of hydrogen-bond acceptors (Lipinski definition) is 7. The maximum absolute atomic E-state index is 11.2. The first-order chi connectivity index (χ1) is 9.49. The molecule has 0 saturated heterocycles. The zero-order valence-electron chi connectivity index (χ0n) is 10.7. The van der Waals surface area contributed by atoms with Crippen LogP contribution in [-0.4, -0.2) is 34.0 Å². The van der Waals surface area contributed by atoms with Crippen LogP contribution in [-0.2, 0) is 0 Å². The van der Waals surface area contributed by atoms with Crippen LogP contribution in [0.2, 0.25) is 0 Å². The van der Waals surface area contributed by atoms with Crippen LogP contribution < -0.4 is 10.2 Å². The van der Waals surface area contributed by atoms with Gasteiger partial charge < -0.3 is 10.2 Å². The standard InChI is InChI=1S/C11H11BrN6O2/c1-17(2)11-9(18(19)20)10(14-6-15-11)16-8-4-3-7(12)5-13-8/h3-6H,1-2H3,(H,13,14,15,16). The van der Waals surface area contributed by atoms with Crippen LogP contribution in [0.15, 0.2) is 29.1 Å². The van der Waals surface area contributed by atoms with Crippen LogP contribution in [0, 0.1) is 10.1 Å². The lowest BCUT2D eigenvalue weighted by molar-refractivity contribution is -0.383. The summed E-state index contributed by atoms with van der Waals surface area (Å²) in [5.41, 5.74) is -0.192. The van der Waals surface area contributed by atoms with E-state index in [9.17, 15) is 10.1 Å². The van der Waals surface area contributed by atoms with Crippen molar-refractivity contribution in [3.8, 4) is 0 Å². The lowest BCUT2D eigenvalue weighted by Gasteiger charge is -2.13. The van der Waals surface area contributed by atoms with E-state index in [1.54, 1.807) is 37.3 Å². The number of nitro groups is 1. The molecule has 0 aliphatic heterocycles. The third-order valence-corrected chi connectivity index (χ3v) is 2.85. The molecule has 8 nitrogen and oxygen atoms in total. The van der Waals surface area contributed by atoms with Gasteiger partial charge in [-0.15, -0.1) is 0 Å². The highest BCUT2D eigenvalue weighted by molar-refractivity contribution is 9.10. The van der Waals surface area contributed by atoms with E-state index in [2.05, 4.69) is 36.2 Å². The van der Waals surface area contributed by atoms with Crippen LogP contribution in [0.5, 0.6) is 0 Å². The fraction of sp³-hybridized carbons (Fsp3) is 0.182. The first-order valence-electron chi connectivity index (χ1n) is 5.54. The molecule has 104 valence electrons. The molecule has 0 atom stereocenters. The molecule has 0 saturated carbocycles. The highest BCUT2D eigenvalue weighted by Crippen LogP contribution is 2.32. The largest absolute Gasteiger partial charge is 0.357 e. The van der Waals surface area contributed by atoms with Crippen molar-refractivity contribution >= 4 is 39.1 Å². The molecule has 2 aromatic heterocycles. The van der Waals surface area contributed by atoms with E-state index in [0.717, 1.165) is 4.47 Å². The molecule has 2 aromatic rings. The van der Waals surface area contributed by atoms with Crippen molar-refractivity contribution in [1.82, 2.24) is 15.0 Å². The molecule has 2 heterocycles. The molecule has 0 spiro atoms. The van der Waals surface area contributed by atoms with Crippen molar-refractivity contribution < 1.29 is 4.92 Å². The number of nitrogens with zero attached hydrogens (tertiary/aromatic N) is 5. The number of pyridine rings is 1. The molecule has 0 radical (unpaired) electrons. The van der Waals surface area contributed by atoms with Gasteiger partial charge in [0.1, 0.15) is 12.1 Å². The first-order valence-corrected chi connectivity index (χ1v) is 6.33. The van der Waals surface area contributed by atoms with E-state index in [1.807, 2.05) is 0 Å². The van der Waals surface area contributed by atoms with E-state index >= 15 is 0 Å². The van der Waals surface area contributed by atoms with E-state index in [0.29, 0.717) is 5.82 Å². The molecule has 0 aliphatic rings. The normalized spacial score (nSPS) is 10.2. The maximum Gasteiger partial charge on any atom is 0.353 e. The summed E-state index contributed by atoms with van der Waals surface area (Å²) in [6, 6.07) is 3.46. The average molecular weight is 339 g/mol. The van der Waals surface area contributed by atoms with Crippen molar-refractivity contribution in [2.75, 3.05) is 24.3 Å². The van der Waals surface area contributed by atoms with E-state index in [1.165, 1.54) is 6.33 Å². The number of halogens is 1. The Labute approximate surface area is 123 Å². The second kappa shape index (κ2) is 5.78. The number of rotatable bonds is 4. The molecule has 0 aromatic carbocycles. The summed E-state index contributed by atoms with van der Waals surface area (Å²) in [4.78, 5) is 24.2. The van der Waals surface area contributed by atoms with Gasteiger partial charge in [0, 0.05) is 24.8 Å². The Kier molecular flexibility index (Phi) is 4.08. The van der Waals surface area contributed by atoms with Gasteiger partial charge in [-0.3, -0.25) is 10.1 Å². The Morgan fingerprint density at radius 1 is 1.30 bits per heavy atom. The summed E-state index contributed by atoms with van der Waals surface area (Å²) in [6.45, 7) is 0. The average Bonchev–Trinajstić information content (AvgIpc) is 2.40. The summed E-state index contributed by atoms with van der Waals surface area (Å²) in [5, 5.41) is 14.0. The number of aromatic nitrogens is 3. The Bertz CT molecular complexity index is 631. The maximum atomic E-state index is 11.2. The van der Waals surface area contributed by atoms with Crippen molar-refractivity contribution in [2.45, 2.75) is 0 Å². The van der Waals surface area contributed by atoms with Gasteiger partial charge in [-0.2, -0.15) is 0 Å². The van der Waals surface area contributed by atoms with Crippen molar-refractivity contribution in [3.05, 3.63) is 39.2 Å². The Morgan fingerprint density at radius 3 is 2.60 bits per heavy atom. The predicted molar refractivity (Wildman–Crippen MR) is 78.2 cm³/mol. The molecule has 0 fully saturated rings. The summed E-state index contributed by atoms with van der Waals surface area (Å²) >= 11 is 3.27. The minimum Gasteiger partial charge on any atom is -0.357 e. The number of nitrogens with one attached hydrogen (secondary N) is 1. The summed E-state index contributed by atoms with van der Waals surface area (Å²) in [6.07, 6.45) is 2.85. The predicted octanol–water partition coefficient (Wildman–Crippen LogP) is 2.35. The number of hydrogen-bond donors (Lipinski definition) is 1. The molecule has 1 N–H and O–H groups in total. The van der Waals surface area contributed by atoms with Gasteiger partial charge >= 0.3 is 5.69 Å². The van der Waals surface area contributed by atoms with Gasteiger partial charge in [-0.1, -0.05) is 0 Å². The molecular weight excluding hydrogens is 328 g/mol. The first kappa shape index (κ1) is 14.1. The van der Waals surface area contributed by atoms with Gasteiger partial charge in [0.15, 0.2) is 0 Å². The van der Waals surface area contributed by atoms with Crippen LogP contribution in [0.1, 0.15) is 0 Å². The van der Waals surface area contributed by atoms with Crippen LogP contribution in [0.25, 0.3) is 0 Å². The zero-order valence-corrected chi connectivity index (χ0v) is 12.3. The van der Waals surface area contributed by atoms with Crippen molar-refractivity contribution in [1.29, 1.82) is 0 Å². The molecule has 0 aliphatic carbocycles. The molecule has 9 heteroatoms. The zero-order chi connectivity index (χ0) is 14.7. The fourth-order valence-corrected chi connectivity index (χ4v) is 1.76. The fourth-order valence-electron chi connectivity index (χ4n) is 1.53. The summed E-state index contributed by atoms with van der Waals surface area (Å²) in [7, 11) is 3.36. The summed E-state index contributed by atoms with van der Waals surface area (Å²) < 4.78 is 0.814. The van der Waals surface area contributed by atoms with Gasteiger partial charge in [-0.05, 0) is 28.1 Å². The van der Waals surface area contributed by atoms with Crippen LogP contribution in [0.3, 0.4) is 0 Å². The SMILES string of the molecule is CN(C)c1ncnc(Nc2ccc(Br)cn2)c1[N+](=O)[O-]. The summed E-state index contributed by atoms with van der Waals surface area (Å²) in [5.74, 6) is 0.785. The molecule has 0 amide bonds. The van der Waals surface area contributed by atoms with Gasteiger partial charge in [0.25, 0.3) is 0 Å². The minimum atomic E-state index is -0.517. The highest BCUT2D eigenvalue weighted by Gasteiger charge is 2.24. The van der Waals surface area contributed by atoms with Gasteiger partial charge in [-0.25, -0.2) is 15.0 Å². The Hall–Kier alpha value is -2.29. The van der Waals surface area contributed by atoms with Crippen LogP contribution >= 0.6 is 15.9 Å². The topological polar surface area (TPSA) is 97.1 Å². The third kappa shape index (κ3) is 2.99. The van der Waals surface area contributed by atoms with E-state index in [4.69, 9.17) is 0 Å². The third-order valence-electron chi connectivity index (χ3n) is 2.38. The second-order valence-corrected chi connectivity index (χ2v) is 4.95. The lowest BCUT2D eigenvalue weighted by Crippen LogP contribution is -2.14. The van der Waals surface area contributed by atoms with Gasteiger partial charge in [0.2, 0.25) is 11.6 Å². The van der Waals surface area contributed by atoms with E-state index < -0.39 is 4.92 Å². The lowest BCUT2D eigenvalue weighted by atomic mass is 10.4. The second-order valence-electron chi connectivity index (χ2n) is 4.03. The monoisotopic (exact) mass is 338 g/mol. The number of anilines is 3. The van der Waals surface area contributed by atoms with Crippen molar-refractivity contribution in [2.24, 2.45) is 0 Å². The molecule has 20 heavy (non-hydrogen) atoms. The quantitative estimate of drug-likeness (QED) is 0.674. The van der Waals surface area contributed by atoms with Crippen molar-refractivity contribution in [3.63, 3.8) is 0 Å². The molecule has 0 bridgehead atoms. The van der Waals surface area contributed by atoms with E-state index in [-0.39, 0.29) is 17.3 Å². The molecular formula is C11H11BrN6O2. The Morgan fingerprint density at radius 2 is 2.05 bits per heavy atom. The smallest absolute Gasteiger partial charge is 0.353 e. The Balaban J connectivity index is 2.43. The van der Waals surface area contributed by atoms with Crippen LogP contribution in [0.4, 0.5) is 23.1 Å². The van der Waals surface area contributed by atoms with Gasteiger partial charge in [0.05, 0.1) is 4.92 Å². The highest BCUT2D eigenvalue weighted by atomic mass is 79.9. The molecule has 2 rings (SSSR count). The molecule has 0 unspecified atom stereocenters.